The summed E-state index contributed by atoms with van der Waals surface area (Å²) in [5, 5.41) is 49.5. The number of aliphatic hydroxyl groups is 5. The van der Waals surface area contributed by atoms with Gasteiger partial charge in [0.1, 0.15) is 11.9 Å². The Bertz CT molecular complexity index is 564. The summed E-state index contributed by atoms with van der Waals surface area (Å²) in [5.41, 5.74) is 0.817. The maximum atomic E-state index is 13.1. The largest absolute Gasteiger partial charge is 0.390 e. The Morgan fingerprint density at radius 2 is 1.81 bits per heavy atom. The lowest BCUT2D eigenvalue weighted by atomic mass is 9.84. The van der Waals surface area contributed by atoms with E-state index in [1.54, 1.807) is 12.1 Å². The highest BCUT2D eigenvalue weighted by Gasteiger charge is 2.41. The van der Waals surface area contributed by atoms with Crippen molar-refractivity contribution in [3.05, 3.63) is 35.6 Å². The van der Waals surface area contributed by atoms with E-state index in [1.807, 2.05) is 6.92 Å². The first-order valence-corrected chi connectivity index (χ1v) is 10.8. The van der Waals surface area contributed by atoms with Crippen LogP contribution >= 0.6 is 23.5 Å². The lowest BCUT2D eigenvalue weighted by Crippen LogP contribution is -2.52. The maximum absolute atomic E-state index is 13.1. The minimum atomic E-state index is -1.19. The second-order valence-corrected chi connectivity index (χ2v) is 9.08. The molecule has 0 heterocycles. The normalized spacial score (nSPS) is 31.6. The molecule has 1 saturated carbocycles. The van der Waals surface area contributed by atoms with E-state index in [0.717, 1.165) is 5.56 Å². The van der Waals surface area contributed by atoms with Gasteiger partial charge < -0.3 is 25.5 Å². The first-order chi connectivity index (χ1) is 12.3. The highest BCUT2D eigenvalue weighted by molar-refractivity contribution is 8.00. The highest BCUT2D eigenvalue weighted by Crippen LogP contribution is 2.34. The molecule has 0 spiro atoms. The van der Waals surface area contributed by atoms with Gasteiger partial charge in [0.2, 0.25) is 0 Å². The van der Waals surface area contributed by atoms with Crippen LogP contribution in [0.2, 0.25) is 0 Å². The van der Waals surface area contributed by atoms with E-state index < -0.39 is 30.5 Å². The molecular weight excluding hydrogens is 379 g/mol. The van der Waals surface area contributed by atoms with Gasteiger partial charge in [0.15, 0.2) is 0 Å². The van der Waals surface area contributed by atoms with Crippen LogP contribution in [-0.2, 0) is 5.75 Å². The molecule has 1 aliphatic carbocycles. The summed E-state index contributed by atoms with van der Waals surface area (Å²) in [6.07, 6.45) is -4.71. The van der Waals surface area contributed by atoms with Gasteiger partial charge in [-0.25, -0.2) is 4.39 Å². The Morgan fingerprint density at radius 1 is 1.12 bits per heavy atom. The quantitative estimate of drug-likeness (QED) is 0.439. The number of rotatable bonds is 8. The van der Waals surface area contributed by atoms with Gasteiger partial charge in [-0.2, -0.15) is 23.5 Å². The first kappa shape index (κ1) is 21.9. The minimum Gasteiger partial charge on any atom is -0.390 e. The molecule has 0 saturated heterocycles. The summed E-state index contributed by atoms with van der Waals surface area (Å²) >= 11 is 2.70. The summed E-state index contributed by atoms with van der Waals surface area (Å²) in [6.45, 7) is 1.88. The van der Waals surface area contributed by atoms with E-state index in [0.29, 0.717) is 17.9 Å². The van der Waals surface area contributed by atoms with Crippen molar-refractivity contribution >= 4 is 23.5 Å². The second-order valence-electron chi connectivity index (χ2n) is 6.84. The standard InChI is InChI=1S/C18H27FO5S2/c1-10-5-13(20)16(23)17(24)18(10)26-9-15(22)14(21)8-25-7-11-3-2-4-12(19)6-11/h2-4,6,10,13-18,20-24H,5,7-9H2,1H3. The molecule has 0 amide bonds. The number of hydrogen-bond donors (Lipinski definition) is 5. The third kappa shape index (κ3) is 6.09. The van der Waals surface area contributed by atoms with E-state index in [-0.39, 0.29) is 22.7 Å². The predicted molar refractivity (Wildman–Crippen MR) is 103 cm³/mol. The van der Waals surface area contributed by atoms with Gasteiger partial charge in [0, 0.05) is 22.5 Å². The minimum absolute atomic E-state index is 0.0138. The lowest BCUT2D eigenvalue weighted by Gasteiger charge is -2.39. The van der Waals surface area contributed by atoms with Crippen molar-refractivity contribution in [3.8, 4) is 0 Å². The summed E-state index contributed by atoms with van der Waals surface area (Å²) in [6, 6.07) is 6.26. The van der Waals surface area contributed by atoms with Gasteiger partial charge in [-0.1, -0.05) is 19.1 Å². The molecule has 148 valence electrons. The van der Waals surface area contributed by atoms with Crippen LogP contribution in [-0.4, -0.2) is 72.8 Å². The molecule has 0 aliphatic heterocycles. The van der Waals surface area contributed by atoms with Crippen LogP contribution in [0.25, 0.3) is 0 Å². The fraction of sp³-hybridized carbons (Fsp3) is 0.667. The van der Waals surface area contributed by atoms with Crippen molar-refractivity contribution in [3.63, 3.8) is 0 Å². The molecule has 0 radical (unpaired) electrons. The van der Waals surface area contributed by atoms with Gasteiger partial charge in [0.05, 0.1) is 24.4 Å². The zero-order valence-corrected chi connectivity index (χ0v) is 16.2. The van der Waals surface area contributed by atoms with Gasteiger partial charge in [-0.05, 0) is 30.0 Å². The molecule has 8 heteroatoms. The Kier molecular flexibility index (Phi) is 8.66. The maximum Gasteiger partial charge on any atom is 0.123 e. The van der Waals surface area contributed by atoms with Crippen LogP contribution in [0.4, 0.5) is 4.39 Å². The van der Waals surface area contributed by atoms with E-state index in [9.17, 15) is 29.9 Å². The molecule has 1 aromatic carbocycles. The predicted octanol–water partition coefficient (Wildman–Crippen LogP) is 1.01. The molecule has 0 bridgehead atoms. The van der Waals surface area contributed by atoms with Crippen molar-refractivity contribution in [2.75, 3.05) is 11.5 Å². The zero-order valence-electron chi connectivity index (χ0n) is 14.6. The molecular formula is C18H27FO5S2. The molecule has 5 nitrogen and oxygen atoms in total. The summed E-state index contributed by atoms with van der Waals surface area (Å²) < 4.78 is 13.1. The Hall–Kier alpha value is -0.350. The summed E-state index contributed by atoms with van der Waals surface area (Å²) in [7, 11) is 0. The monoisotopic (exact) mass is 406 g/mol. The average molecular weight is 407 g/mol. The molecule has 7 unspecified atom stereocenters. The molecule has 5 N–H and O–H groups in total. The zero-order chi connectivity index (χ0) is 19.3. The smallest absolute Gasteiger partial charge is 0.123 e. The molecule has 7 atom stereocenters. The average Bonchev–Trinajstić information content (AvgIpc) is 2.59. The van der Waals surface area contributed by atoms with Crippen LogP contribution in [0.3, 0.4) is 0 Å². The van der Waals surface area contributed by atoms with Crippen molar-refractivity contribution < 1.29 is 29.9 Å². The first-order valence-electron chi connectivity index (χ1n) is 8.63. The van der Waals surface area contributed by atoms with E-state index in [2.05, 4.69) is 0 Å². The molecule has 0 aromatic heterocycles. The number of hydrogen-bond acceptors (Lipinski definition) is 7. The number of thioether (sulfide) groups is 2. The second kappa shape index (κ2) is 10.3. The third-order valence-electron chi connectivity index (χ3n) is 4.60. The van der Waals surface area contributed by atoms with E-state index in [1.165, 1.54) is 35.7 Å². The van der Waals surface area contributed by atoms with Crippen molar-refractivity contribution in [2.45, 2.75) is 54.9 Å². The van der Waals surface area contributed by atoms with Crippen LogP contribution in [0.1, 0.15) is 18.9 Å². The van der Waals surface area contributed by atoms with Crippen LogP contribution in [0.5, 0.6) is 0 Å². The fourth-order valence-corrected chi connectivity index (χ4v) is 5.47. The van der Waals surface area contributed by atoms with Crippen LogP contribution in [0.15, 0.2) is 24.3 Å². The Balaban J connectivity index is 1.73. The number of aliphatic hydroxyl groups excluding tert-OH is 5. The Labute approximate surface area is 161 Å². The van der Waals surface area contributed by atoms with Gasteiger partial charge in [0.25, 0.3) is 0 Å². The fourth-order valence-electron chi connectivity index (χ4n) is 3.03. The van der Waals surface area contributed by atoms with E-state index in [4.69, 9.17) is 0 Å². The van der Waals surface area contributed by atoms with Gasteiger partial charge in [-0.3, -0.25) is 0 Å². The van der Waals surface area contributed by atoms with Crippen molar-refractivity contribution in [1.29, 1.82) is 0 Å². The van der Waals surface area contributed by atoms with Gasteiger partial charge in [-0.15, -0.1) is 0 Å². The third-order valence-corrected chi connectivity index (χ3v) is 7.38. The lowest BCUT2D eigenvalue weighted by molar-refractivity contribution is -0.0937. The van der Waals surface area contributed by atoms with Crippen molar-refractivity contribution in [1.82, 2.24) is 0 Å². The molecule has 1 aromatic rings. The molecule has 1 aliphatic rings. The number of halogens is 1. The number of benzene rings is 1. The topological polar surface area (TPSA) is 101 Å². The Morgan fingerprint density at radius 3 is 2.50 bits per heavy atom. The highest BCUT2D eigenvalue weighted by atomic mass is 32.2. The van der Waals surface area contributed by atoms with Crippen LogP contribution in [0, 0.1) is 11.7 Å². The summed E-state index contributed by atoms with van der Waals surface area (Å²) in [5.74, 6) is 0.753. The van der Waals surface area contributed by atoms with Gasteiger partial charge >= 0.3 is 0 Å². The summed E-state index contributed by atoms with van der Waals surface area (Å²) in [4.78, 5) is 0. The molecule has 26 heavy (non-hydrogen) atoms. The van der Waals surface area contributed by atoms with Crippen LogP contribution < -0.4 is 0 Å². The van der Waals surface area contributed by atoms with E-state index >= 15 is 0 Å². The molecule has 2 rings (SSSR count). The SMILES string of the molecule is CC1CC(O)C(O)C(O)C1SCC(O)C(O)CSCc1cccc(F)c1. The molecule has 1 fully saturated rings. The van der Waals surface area contributed by atoms with Crippen molar-refractivity contribution in [2.24, 2.45) is 5.92 Å².